The monoisotopic (exact) mass is 327 g/mol. The topological polar surface area (TPSA) is 48.1 Å². The van der Waals surface area contributed by atoms with E-state index in [1.165, 1.54) is 35.0 Å². The SMILES string of the molecule is CCc1[nH]c2ccc(CNC(=O)[C@H]3CCCCCN3C)cc2c1C. The number of likely N-dealkylation sites (tertiary alicyclic amines) is 1. The Kier molecular flexibility index (Phi) is 5.24. The van der Waals surface area contributed by atoms with Crippen LogP contribution in [0.5, 0.6) is 0 Å². The molecule has 4 heteroatoms. The summed E-state index contributed by atoms with van der Waals surface area (Å²) in [4.78, 5) is 18.2. The van der Waals surface area contributed by atoms with Crippen molar-refractivity contribution in [3.05, 3.63) is 35.0 Å². The van der Waals surface area contributed by atoms with Gasteiger partial charge < -0.3 is 10.3 Å². The molecule has 0 radical (unpaired) electrons. The van der Waals surface area contributed by atoms with Gasteiger partial charge in [-0.3, -0.25) is 9.69 Å². The van der Waals surface area contributed by atoms with Gasteiger partial charge in [-0.05, 0) is 63.0 Å². The number of H-pyrrole nitrogens is 1. The van der Waals surface area contributed by atoms with Crippen molar-refractivity contribution in [2.45, 2.75) is 58.5 Å². The van der Waals surface area contributed by atoms with Crippen LogP contribution < -0.4 is 5.32 Å². The lowest BCUT2D eigenvalue weighted by Gasteiger charge is -2.24. The number of nitrogens with one attached hydrogen (secondary N) is 2. The molecule has 24 heavy (non-hydrogen) atoms. The molecule has 2 N–H and O–H groups in total. The second kappa shape index (κ2) is 7.39. The van der Waals surface area contributed by atoms with E-state index in [0.717, 1.165) is 31.4 Å². The van der Waals surface area contributed by atoms with E-state index in [-0.39, 0.29) is 11.9 Å². The number of hydrogen-bond acceptors (Lipinski definition) is 2. The summed E-state index contributed by atoms with van der Waals surface area (Å²) < 4.78 is 0. The fraction of sp³-hybridized carbons (Fsp3) is 0.550. The molecular weight excluding hydrogens is 298 g/mol. The molecule has 130 valence electrons. The maximum absolute atomic E-state index is 12.6. The molecule has 4 nitrogen and oxygen atoms in total. The molecule has 2 heterocycles. The number of aromatic nitrogens is 1. The summed E-state index contributed by atoms with van der Waals surface area (Å²) in [6, 6.07) is 6.46. The van der Waals surface area contributed by atoms with Crippen LogP contribution in [0.3, 0.4) is 0 Å². The van der Waals surface area contributed by atoms with Crippen LogP contribution in [-0.4, -0.2) is 35.4 Å². The number of aromatic amines is 1. The van der Waals surface area contributed by atoms with Crippen LogP contribution in [-0.2, 0) is 17.8 Å². The van der Waals surface area contributed by atoms with Crippen molar-refractivity contribution < 1.29 is 4.79 Å². The highest BCUT2D eigenvalue weighted by Gasteiger charge is 2.24. The Hall–Kier alpha value is -1.81. The van der Waals surface area contributed by atoms with Crippen molar-refractivity contribution in [2.75, 3.05) is 13.6 Å². The molecule has 1 atom stereocenters. The van der Waals surface area contributed by atoms with Gasteiger partial charge in [0.15, 0.2) is 0 Å². The molecule has 1 aromatic carbocycles. The number of nitrogens with zero attached hydrogens (tertiary/aromatic N) is 1. The van der Waals surface area contributed by atoms with E-state index in [0.29, 0.717) is 6.54 Å². The summed E-state index contributed by atoms with van der Waals surface area (Å²) in [6.45, 7) is 5.96. The second-order valence-corrected chi connectivity index (χ2v) is 7.03. The molecule has 2 aromatic rings. The Morgan fingerprint density at radius 1 is 1.33 bits per heavy atom. The molecule has 3 rings (SSSR count). The molecule has 1 aliphatic rings. The van der Waals surface area contributed by atoms with Crippen molar-refractivity contribution in [3.8, 4) is 0 Å². The normalized spacial score (nSPS) is 19.4. The largest absolute Gasteiger partial charge is 0.358 e. The Bertz CT molecular complexity index is 719. The molecule has 0 spiro atoms. The molecule has 0 aliphatic carbocycles. The van der Waals surface area contributed by atoms with Gasteiger partial charge in [-0.25, -0.2) is 0 Å². The lowest BCUT2D eigenvalue weighted by Crippen LogP contribution is -2.44. The summed E-state index contributed by atoms with van der Waals surface area (Å²) >= 11 is 0. The predicted octanol–water partition coefficient (Wildman–Crippen LogP) is 3.53. The summed E-state index contributed by atoms with van der Waals surface area (Å²) in [6.07, 6.45) is 5.57. The van der Waals surface area contributed by atoms with Crippen molar-refractivity contribution in [2.24, 2.45) is 0 Å². The van der Waals surface area contributed by atoms with E-state index < -0.39 is 0 Å². The van der Waals surface area contributed by atoms with Crippen LogP contribution in [0.2, 0.25) is 0 Å². The number of amides is 1. The highest BCUT2D eigenvalue weighted by molar-refractivity contribution is 5.85. The molecule has 1 fully saturated rings. The first-order valence-electron chi connectivity index (χ1n) is 9.18. The summed E-state index contributed by atoms with van der Waals surface area (Å²) in [7, 11) is 2.07. The second-order valence-electron chi connectivity index (χ2n) is 7.03. The minimum Gasteiger partial charge on any atom is -0.358 e. The minimum atomic E-state index is 0.0249. The third-order valence-corrected chi connectivity index (χ3v) is 5.37. The van der Waals surface area contributed by atoms with Crippen LogP contribution in [0.25, 0.3) is 10.9 Å². The number of aryl methyl sites for hydroxylation is 2. The van der Waals surface area contributed by atoms with Crippen molar-refractivity contribution >= 4 is 16.8 Å². The summed E-state index contributed by atoms with van der Waals surface area (Å²) in [5, 5.41) is 4.41. The Morgan fingerprint density at radius 3 is 2.96 bits per heavy atom. The fourth-order valence-electron chi connectivity index (χ4n) is 3.78. The fourth-order valence-corrected chi connectivity index (χ4v) is 3.78. The molecule has 0 saturated carbocycles. The third kappa shape index (κ3) is 3.48. The van der Waals surface area contributed by atoms with E-state index in [1.54, 1.807) is 0 Å². The van der Waals surface area contributed by atoms with E-state index in [9.17, 15) is 4.79 Å². The number of hydrogen-bond donors (Lipinski definition) is 2. The summed E-state index contributed by atoms with van der Waals surface area (Å²) in [5.41, 5.74) is 4.97. The quantitative estimate of drug-likeness (QED) is 0.902. The lowest BCUT2D eigenvalue weighted by atomic mass is 10.1. The highest BCUT2D eigenvalue weighted by atomic mass is 16.2. The average Bonchev–Trinajstić information content (AvgIpc) is 2.75. The van der Waals surface area contributed by atoms with Gasteiger partial charge in [-0.1, -0.05) is 25.8 Å². The average molecular weight is 327 g/mol. The van der Waals surface area contributed by atoms with Crippen LogP contribution in [0.1, 0.15) is 49.4 Å². The maximum Gasteiger partial charge on any atom is 0.237 e. The van der Waals surface area contributed by atoms with Crippen molar-refractivity contribution in [1.29, 1.82) is 0 Å². The maximum atomic E-state index is 12.6. The van der Waals surface area contributed by atoms with E-state index in [2.05, 4.69) is 54.3 Å². The van der Waals surface area contributed by atoms with Gasteiger partial charge >= 0.3 is 0 Å². The van der Waals surface area contributed by atoms with E-state index in [4.69, 9.17) is 0 Å². The van der Waals surface area contributed by atoms with Gasteiger partial charge in [0.2, 0.25) is 5.91 Å². The molecule has 1 aliphatic heterocycles. The predicted molar refractivity (Wildman–Crippen MR) is 99.1 cm³/mol. The number of carbonyl (C=O) groups excluding carboxylic acids is 1. The highest BCUT2D eigenvalue weighted by Crippen LogP contribution is 2.23. The Balaban J connectivity index is 1.68. The molecule has 0 unspecified atom stereocenters. The molecule has 0 bridgehead atoms. The smallest absolute Gasteiger partial charge is 0.237 e. The van der Waals surface area contributed by atoms with Gasteiger partial charge in [-0.2, -0.15) is 0 Å². The van der Waals surface area contributed by atoms with Crippen LogP contribution >= 0.6 is 0 Å². The van der Waals surface area contributed by atoms with Crippen LogP contribution in [0, 0.1) is 6.92 Å². The van der Waals surface area contributed by atoms with E-state index >= 15 is 0 Å². The van der Waals surface area contributed by atoms with Gasteiger partial charge in [0, 0.05) is 23.1 Å². The first-order valence-corrected chi connectivity index (χ1v) is 9.18. The number of carbonyl (C=O) groups is 1. The number of fused-ring (bicyclic) bond motifs is 1. The zero-order valence-electron chi connectivity index (χ0n) is 15.1. The zero-order chi connectivity index (χ0) is 17.1. The Morgan fingerprint density at radius 2 is 2.17 bits per heavy atom. The van der Waals surface area contributed by atoms with Crippen LogP contribution in [0.15, 0.2) is 18.2 Å². The molecular formula is C20H29N3O. The third-order valence-electron chi connectivity index (χ3n) is 5.37. The molecule has 1 amide bonds. The zero-order valence-corrected chi connectivity index (χ0v) is 15.1. The first kappa shape index (κ1) is 17.0. The van der Waals surface area contributed by atoms with Crippen molar-refractivity contribution in [1.82, 2.24) is 15.2 Å². The minimum absolute atomic E-state index is 0.0249. The lowest BCUT2D eigenvalue weighted by molar-refractivity contribution is -0.126. The Labute approximate surface area is 144 Å². The van der Waals surface area contributed by atoms with Crippen molar-refractivity contribution in [3.63, 3.8) is 0 Å². The number of rotatable bonds is 4. The van der Waals surface area contributed by atoms with Crippen LogP contribution in [0.4, 0.5) is 0 Å². The standard InChI is InChI=1S/C20H29N3O/c1-4-17-14(2)16-12-15(9-10-18(16)22-17)13-21-20(24)19-8-6-5-7-11-23(19)3/h9-10,12,19,22H,4-8,11,13H2,1-3H3,(H,21,24)/t19-/m1/s1. The number of likely N-dealkylation sites (N-methyl/N-ethyl adjacent to an activating group) is 1. The van der Waals surface area contributed by atoms with Gasteiger partial charge in [-0.15, -0.1) is 0 Å². The first-order chi connectivity index (χ1) is 11.6. The molecule has 1 aromatic heterocycles. The van der Waals surface area contributed by atoms with Gasteiger partial charge in [0.05, 0.1) is 6.04 Å². The summed E-state index contributed by atoms with van der Waals surface area (Å²) in [5.74, 6) is 0.166. The molecule has 1 saturated heterocycles. The van der Waals surface area contributed by atoms with Gasteiger partial charge in [0.25, 0.3) is 0 Å². The number of benzene rings is 1. The van der Waals surface area contributed by atoms with Gasteiger partial charge in [0.1, 0.15) is 0 Å². The van der Waals surface area contributed by atoms with E-state index in [1.807, 2.05) is 0 Å².